The number of hydrazine groups is 1. The van der Waals surface area contributed by atoms with Crippen molar-refractivity contribution < 1.29 is 14.3 Å². The Balaban J connectivity index is 2.19. The molecule has 1 aromatic rings. The number of carbonyl (C=O) groups excluding carboxylic acids is 2. The molecule has 0 aromatic heterocycles. The zero-order valence-electron chi connectivity index (χ0n) is 22.3. The summed E-state index contributed by atoms with van der Waals surface area (Å²) in [6.07, 6.45) is 3.90. The number of ether oxygens (including phenoxy) is 1. The number of nitrogens with zero attached hydrogens (tertiary/aromatic N) is 3. The van der Waals surface area contributed by atoms with Crippen LogP contribution in [0.5, 0.6) is 0 Å². The highest BCUT2D eigenvalue weighted by molar-refractivity contribution is 8.01. The van der Waals surface area contributed by atoms with Gasteiger partial charge in [-0.2, -0.15) is 4.83 Å². The summed E-state index contributed by atoms with van der Waals surface area (Å²) in [7, 11) is 0. The predicted octanol–water partition coefficient (Wildman–Crippen LogP) is 4.80. The van der Waals surface area contributed by atoms with Crippen molar-refractivity contribution in [2.75, 3.05) is 32.8 Å². The van der Waals surface area contributed by atoms with E-state index in [1.165, 1.54) is 16.9 Å². The van der Waals surface area contributed by atoms with Crippen LogP contribution in [0, 0.1) is 17.2 Å². The van der Waals surface area contributed by atoms with Crippen LogP contribution >= 0.6 is 11.9 Å². The third-order valence-corrected chi connectivity index (χ3v) is 6.77. The Morgan fingerprint density at radius 2 is 1.86 bits per heavy atom. The van der Waals surface area contributed by atoms with Gasteiger partial charge >= 0.3 is 12.1 Å². The van der Waals surface area contributed by atoms with Crippen molar-refractivity contribution in [1.82, 2.24) is 19.6 Å². The molecule has 2 rings (SSSR count). The summed E-state index contributed by atoms with van der Waals surface area (Å²) >= 11 is 1.47. The molecular formula is C26H42N6O3S. The quantitative estimate of drug-likeness (QED) is 0.168. The van der Waals surface area contributed by atoms with E-state index in [9.17, 15) is 9.59 Å². The molecule has 0 saturated carbocycles. The predicted molar refractivity (Wildman–Crippen MR) is 146 cm³/mol. The fraction of sp³-hybridized carbons (Fsp3) is 0.577. The first-order valence-corrected chi connectivity index (χ1v) is 13.5. The Bertz CT molecular complexity index is 915. The largest absolute Gasteiger partial charge is 0.450 e. The fourth-order valence-electron chi connectivity index (χ4n) is 3.72. The molecule has 0 spiro atoms. The van der Waals surface area contributed by atoms with E-state index in [-0.39, 0.29) is 18.0 Å². The molecule has 1 fully saturated rings. The number of nitrogens with two attached hydrogens (primary N) is 1. The van der Waals surface area contributed by atoms with Crippen molar-refractivity contribution in [2.45, 2.75) is 54.0 Å². The van der Waals surface area contributed by atoms with Gasteiger partial charge in [-0.1, -0.05) is 58.4 Å². The average Bonchev–Trinajstić information content (AvgIpc) is 2.85. The maximum absolute atomic E-state index is 13.6. The summed E-state index contributed by atoms with van der Waals surface area (Å²) in [6.45, 7) is 12.9. The molecule has 4 N–H and O–H groups in total. The van der Waals surface area contributed by atoms with Crippen molar-refractivity contribution in [1.29, 1.82) is 5.41 Å². The van der Waals surface area contributed by atoms with E-state index in [4.69, 9.17) is 15.9 Å². The highest BCUT2D eigenvalue weighted by Crippen LogP contribution is 2.25. The van der Waals surface area contributed by atoms with Gasteiger partial charge in [-0.3, -0.25) is 5.41 Å². The van der Waals surface area contributed by atoms with Gasteiger partial charge in [0.05, 0.1) is 13.2 Å². The first kappa shape index (κ1) is 29.5. The van der Waals surface area contributed by atoms with E-state index in [2.05, 4.69) is 38.6 Å². The second-order valence-corrected chi connectivity index (χ2v) is 10.4. The standard InChI is InChI=1S/C26H42N6O3S/c1-6-20(5)16-23(15-19(3)4)36-29-32(18-21-9-8-10-22(17-21)24(27)28)25(33)30-11-13-31(14-12-30)26(34)35-7-2/h8-10,16-17,19-20,29H,6-7,11-15,18H2,1-5H3,(H3,27,28)/b23-16-. The topological polar surface area (TPSA) is 115 Å². The van der Waals surface area contributed by atoms with Gasteiger partial charge in [-0.05, 0) is 53.7 Å². The molecule has 1 atom stereocenters. The van der Waals surface area contributed by atoms with Crippen LogP contribution in [-0.4, -0.2) is 65.6 Å². The van der Waals surface area contributed by atoms with Crippen LogP contribution in [0.3, 0.4) is 0 Å². The number of nitrogen functional groups attached to an aromatic ring is 1. The molecule has 0 radical (unpaired) electrons. The molecule has 9 nitrogen and oxygen atoms in total. The molecule has 1 unspecified atom stereocenters. The molecule has 0 bridgehead atoms. The monoisotopic (exact) mass is 518 g/mol. The van der Waals surface area contributed by atoms with Crippen LogP contribution in [-0.2, 0) is 11.3 Å². The van der Waals surface area contributed by atoms with E-state index in [0.717, 1.165) is 18.4 Å². The van der Waals surface area contributed by atoms with Gasteiger partial charge in [0.25, 0.3) is 0 Å². The number of carbonyl (C=O) groups is 2. The van der Waals surface area contributed by atoms with Crippen LogP contribution in [0.1, 0.15) is 58.6 Å². The Hall–Kier alpha value is -2.72. The maximum Gasteiger partial charge on any atom is 0.409 e. The molecular weight excluding hydrogens is 476 g/mol. The van der Waals surface area contributed by atoms with Crippen LogP contribution in [0.15, 0.2) is 35.2 Å². The van der Waals surface area contributed by atoms with Crippen molar-refractivity contribution in [3.05, 3.63) is 46.4 Å². The van der Waals surface area contributed by atoms with E-state index in [0.29, 0.717) is 56.7 Å². The van der Waals surface area contributed by atoms with Crippen molar-refractivity contribution in [3.8, 4) is 0 Å². The molecule has 36 heavy (non-hydrogen) atoms. The third kappa shape index (κ3) is 9.39. The van der Waals surface area contributed by atoms with E-state index in [1.54, 1.807) is 27.8 Å². The Morgan fingerprint density at radius 1 is 1.19 bits per heavy atom. The van der Waals surface area contributed by atoms with Gasteiger partial charge in [0.2, 0.25) is 0 Å². The van der Waals surface area contributed by atoms with Crippen LogP contribution in [0.25, 0.3) is 0 Å². The average molecular weight is 519 g/mol. The molecule has 1 saturated heterocycles. The number of hydrogen-bond donors (Lipinski definition) is 3. The molecule has 200 valence electrons. The summed E-state index contributed by atoms with van der Waals surface area (Å²) < 4.78 is 5.10. The lowest BCUT2D eigenvalue weighted by atomic mass is 10.1. The van der Waals surface area contributed by atoms with E-state index < -0.39 is 0 Å². The highest BCUT2D eigenvalue weighted by Gasteiger charge is 2.28. The van der Waals surface area contributed by atoms with E-state index >= 15 is 0 Å². The number of allylic oxidation sites excluding steroid dienone is 2. The van der Waals surface area contributed by atoms with Crippen molar-refractivity contribution in [3.63, 3.8) is 0 Å². The van der Waals surface area contributed by atoms with Crippen LogP contribution in [0.2, 0.25) is 0 Å². The summed E-state index contributed by atoms with van der Waals surface area (Å²) in [4.78, 5) is 33.5. The zero-order valence-corrected chi connectivity index (χ0v) is 23.1. The van der Waals surface area contributed by atoms with Crippen molar-refractivity contribution in [2.24, 2.45) is 17.6 Å². The molecule has 1 heterocycles. The van der Waals surface area contributed by atoms with Gasteiger partial charge in [0.15, 0.2) is 0 Å². The first-order chi connectivity index (χ1) is 17.1. The van der Waals surface area contributed by atoms with Crippen LogP contribution in [0.4, 0.5) is 9.59 Å². The highest BCUT2D eigenvalue weighted by atomic mass is 32.2. The SMILES string of the molecule is CCOC(=O)N1CCN(C(=O)N(Cc2cccc(C(=N)N)c2)NS/C(=C\C(C)CC)CC(C)C)CC1. The number of benzene rings is 1. The van der Waals surface area contributed by atoms with Gasteiger partial charge in [0, 0.05) is 31.7 Å². The van der Waals surface area contributed by atoms with Gasteiger partial charge in [-0.15, -0.1) is 0 Å². The number of hydrogen-bond acceptors (Lipinski definition) is 6. The second-order valence-electron chi connectivity index (χ2n) is 9.47. The number of nitrogens with one attached hydrogen (secondary N) is 2. The summed E-state index contributed by atoms with van der Waals surface area (Å²) in [6, 6.07) is 7.21. The Kier molecular flexibility index (Phi) is 12.1. The van der Waals surface area contributed by atoms with Crippen LogP contribution < -0.4 is 10.6 Å². The smallest absolute Gasteiger partial charge is 0.409 e. The number of amidine groups is 1. The first-order valence-electron chi connectivity index (χ1n) is 12.7. The lowest BCUT2D eigenvalue weighted by molar-refractivity contribution is 0.0765. The molecule has 1 aliphatic heterocycles. The van der Waals surface area contributed by atoms with E-state index in [1.807, 2.05) is 18.2 Å². The van der Waals surface area contributed by atoms with Gasteiger partial charge < -0.3 is 20.3 Å². The molecule has 3 amide bonds. The van der Waals surface area contributed by atoms with Gasteiger partial charge in [-0.25, -0.2) is 14.6 Å². The minimum atomic E-state index is -0.343. The summed E-state index contributed by atoms with van der Waals surface area (Å²) in [5.41, 5.74) is 7.16. The fourth-order valence-corrected chi connectivity index (χ4v) is 4.81. The minimum Gasteiger partial charge on any atom is -0.450 e. The minimum absolute atomic E-state index is 0.0112. The number of piperazine rings is 1. The Morgan fingerprint density at radius 3 is 2.44 bits per heavy atom. The molecule has 0 aliphatic carbocycles. The Labute approximate surface area is 220 Å². The maximum atomic E-state index is 13.6. The molecule has 10 heteroatoms. The lowest BCUT2D eigenvalue weighted by Crippen LogP contribution is -2.55. The normalized spacial score (nSPS) is 15.1. The number of amides is 3. The number of rotatable bonds is 11. The second kappa shape index (κ2) is 14.7. The third-order valence-electron chi connectivity index (χ3n) is 5.90. The lowest BCUT2D eigenvalue weighted by Gasteiger charge is -2.37. The summed E-state index contributed by atoms with van der Waals surface area (Å²) in [5, 5.41) is 9.35. The molecule has 1 aliphatic rings. The van der Waals surface area contributed by atoms with Gasteiger partial charge in [0.1, 0.15) is 5.84 Å². The zero-order chi connectivity index (χ0) is 26.7. The summed E-state index contributed by atoms with van der Waals surface area (Å²) in [5.74, 6) is 0.921. The van der Waals surface area contributed by atoms with Crippen molar-refractivity contribution >= 4 is 29.9 Å². The number of urea groups is 1. The molecule has 1 aromatic carbocycles.